The molecule has 1 aliphatic heterocycles. The van der Waals surface area contributed by atoms with Gasteiger partial charge in [-0.25, -0.2) is 4.39 Å². The maximum Gasteiger partial charge on any atom is 0.305 e. The Hall–Kier alpha value is -1.76. The topological polar surface area (TPSA) is 63.4 Å². The molecular formula is C13H13ClF2N2O3. The third kappa shape index (κ3) is 3.12. The number of nitro groups is 1. The highest BCUT2D eigenvalue weighted by molar-refractivity contribution is 6.17. The minimum absolute atomic E-state index is 0.191. The number of hydrogen-bond acceptors (Lipinski definition) is 3. The number of amides is 1. The van der Waals surface area contributed by atoms with Gasteiger partial charge >= 0.3 is 5.69 Å². The molecule has 1 heterocycles. The number of halogens is 3. The van der Waals surface area contributed by atoms with E-state index in [1.54, 1.807) is 0 Å². The molecule has 1 unspecified atom stereocenters. The molecule has 1 aliphatic rings. The van der Waals surface area contributed by atoms with Crippen molar-refractivity contribution in [2.24, 2.45) is 5.92 Å². The summed E-state index contributed by atoms with van der Waals surface area (Å²) in [5, 5.41) is 10.7. The summed E-state index contributed by atoms with van der Waals surface area (Å²) in [6.07, 6.45) is 1.42. The molecule has 2 rings (SSSR count). The zero-order valence-electron chi connectivity index (χ0n) is 11.0. The summed E-state index contributed by atoms with van der Waals surface area (Å²) in [6, 6.07) is 1.45. The first-order valence-electron chi connectivity index (χ1n) is 6.43. The molecule has 0 spiro atoms. The molecular weight excluding hydrogens is 306 g/mol. The molecule has 8 heteroatoms. The quantitative estimate of drug-likeness (QED) is 0.487. The molecule has 1 saturated heterocycles. The summed E-state index contributed by atoms with van der Waals surface area (Å²) in [5.74, 6) is -2.73. The Balaban J connectivity index is 2.28. The molecule has 0 N–H and O–H groups in total. The van der Waals surface area contributed by atoms with Crippen LogP contribution in [0.2, 0.25) is 0 Å². The van der Waals surface area contributed by atoms with Gasteiger partial charge in [0.1, 0.15) is 11.4 Å². The van der Waals surface area contributed by atoms with Gasteiger partial charge in [0.05, 0.1) is 4.92 Å². The van der Waals surface area contributed by atoms with Crippen LogP contribution in [0.5, 0.6) is 0 Å². The van der Waals surface area contributed by atoms with E-state index in [9.17, 15) is 23.7 Å². The molecule has 5 nitrogen and oxygen atoms in total. The Morgan fingerprint density at radius 3 is 2.81 bits per heavy atom. The van der Waals surface area contributed by atoms with Gasteiger partial charge in [0.25, 0.3) is 5.91 Å². The zero-order valence-corrected chi connectivity index (χ0v) is 11.8. The third-order valence-electron chi connectivity index (χ3n) is 3.57. The van der Waals surface area contributed by atoms with Gasteiger partial charge in [-0.15, -0.1) is 11.6 Å². The molecule has 0 saturated carbocycles. The van der Waals surface area contributed by atoms with E-state index in [4.69, 9.17) is 11.6 Å². The van der Waals surface area contributed by atoms with Crippen molar-refractivity contribution in [3.8, 4) is 0 Å². The van der Waals surface area contributed by atoms with E-state index in [1.165, 1.54) is 4.90 Å². The minimum atomic E-state index is -1.43. The standard InChI is InChI=1S/C13H13ClF2N2O3/c14-5-3-8-4-6-17(7-8)13(19)11-9(15)1-2-10(12(11)16)18(20)21/h1-2,8H,3-7H2. The zero-order chi connectivity index (χ0) is 15.6. The maximum absolute atomic E-state index is 14.0. The van der Waals surface area contributed by atoms with E-state index in [1.807, 2.05) is 0 Å². The molecule has 1 amide bonds. The Kier molecular flexibility index (Phi) is 4.72. The lowest BCUT2D eigenvalue weighted by atomic mass is 10.1. The summed E-state index contributed by atoms with van der Waals surface area (Å²) in [7, 11) is 0. The second-order valence-electron chi connectivity index (χ2n) is 4.90. The van der Waals surface area contributed by atoms with Crippen molar-refractivity contribution in [3.05, 3.63) is 39.4 Å². The summed E-state index contributed by atoms with van der Waals surface area (Å²) in [5.41, 5.74) is -1.77. The molecule has 1 fully saturated rings. The van der Waals surface area contributed by atoms with Crippen LogP contribution in [0.15, 0.2) is 12.1 Å². The highest BCUT2D eigenvalue weighted by Crippen LogP contribution is 2.27. The summed E-state index contributed by atoms with van der Waals surface area (Å²) >= 11 is 5.63. The summed E-state index contributed by atoms with van der Waals surface area (Å²) in [4.78, 5) is 23.2. The van der Waals surface area contributed by atoms with Gasteiger partial charge in [0, 0.05) is 25.0 Å². The van der Waals surface area contributed by atoms with E-state index in [-0.39, 0.29) is 5.92 Å². The smallest absolute Gasteiger partial charge is 0.305 e. The van der Waals surface area contributed by atoms with Crippen LogP contribution in [0.4, 0.5) is 14.5 Å². The van der Waals surface area contributed by atoms with Crippen molar-refractivity contribution in [3.63, 3.8) is 0 Å². The molecule has 0 aliphatic carbocycles. The van der Waals surface area contributed by atoms with Gasteiger partial charge in [0.15, 0.2) is 0 Å². The first-order chi connectivity index (χ1) is 9.95. The average Bonchev–Trinajstić information content (AvgIpc) is 2.87. The Morgan fingerprint density at radius 2 is 2.19 bits per heavy atom. The van der Waals surface area contributed by atoms with Crippen molar-refractivity contribution in [2.45, 2.75) is 12.8 Å². The Morgan fingerprint density at radius 1 is 1.48 bits per heavy atom. The van der Waals surface area contributed by atoms with Crippen LogP contribution in [0.1, 0.15) is 23.2 Å². The maximum atomic E-state index is 14.0. The van der Waals surface area contributed by atoms with Crippen molar-refractivity contribution >= 4 is 23.2 Å². The van der Waals surface area contributed by atoms with Gasteiger partial charge in [0.2, 0.25) is 5.82 Å². The van der Waals surface area contributed by atoms with Gasteiger partial charge in [-0.3, -0.25) is 14.9 Å². The molecule has 21 heavy (non-hydrogen) atoms. The lowest BCUT2D eigenvalue weighted by molar-refractivity contribution is -0.387. The van der Waals surface area contributed by atoms with Crippen LogP contribution >= 0.6 is 11.6 Å². The van der Waals surface area contributed by atoms with E-state index >= 15 is 0 Å². The van der Waals surface area contributed by atoms with Gasteiger partial charge < -0.3 is 4.90 Å². The molecule has 1 atom stereocenters. The number of nitro benzene ring substituents is 1. The monoisotopic (exact) mass is 318 g/mol. The fraction of sp³-hybridized carbons (Fsp3) is 0.462. The van der Waals surface area contributed by atoms with E-state index in [2.05, 4.69) is 0 Å². The average molecular weight is 319 g/mol. The molecule has 1 aromatic rings. The number of benzene rings is 1. The van der Waals surface area contributed by atoms with Crippen LogP contribution in [0, 0.1) is 27.7 Å². The number of alkyl halides is 1. The normalized spacial score (nSPS) is 18.0. The van der Waals surface area contributed by atoms with Crippen molar-refractivity contribution in [1.29, 1.82) is 0 Å². The first kappa shape index (κ1) is 15.6. The fourth-order valence-corrected chi connectivity index (χ4v) is 2.75. The van der Waals surface area contributed by atoms with Gasteiger partial charge in [-0.05, 0) is 24.8 Å². The number of nitrogens with zero attached hydrogens (tertiary/aromatic N) is 2. The largest absolute Gasteiger partial charge is 0.338 e. The first-order valence-corrected chi connectivity index (χ1v) is 6.96. The van der Waals surface area contributed by atoms with Crippen LogP contribution in [0.3, 0.4) is 0 Å². The van der Waals surface area contributed by atoms with Crippen LogP contribution in [0.25, 0.3) is 0 Å². The highest BCUT2D eigenvalue weighted by Gasteiger charge is 2.32. The van der Waals surface area contributed by atoms with E-state index in [0.29, 0.717) is 37.9 Å². The Labute approximate surface area is 124 Å². The summed E-state index contributed by atoms with van der Waals surface area (Å²) in [6.45, 7) is 0.717. The highest BCUT2D eigenvalue weighted by atomic mass is 35.5. The number of carbonyl (C=O) groups is 1. The van der Waals surface area contributed by atoms with Gasteiger partial charge in [-0.2, -0.15) is 4.39 Å². The van der Waals surface area contributed by atoms with Crippen molar-refractivity contribution < 1.29 is 18.5 Å². The Bertz CT molecular complexity index is 583. The third-order valence-corrected chi connectivity index (χ3v) is 3.79. The number of likely N-dealkylation sites (tertiary alicyclic amines) is 1. The van der Waals surface area contributed by atoms with Crippen LogP contribution in [-0.2, 0) is 0 Å². The second kappa shape index (κ2) is 6.34. The van der Waals surface area contributed by atoms with E-state index in [0.717, 1.165) is 6.07 Å². The lowest BCUT2D eigenvalue weighted by Gasteiger charge is -2.17. The lowest BCUT2D eigenvalue weighted by Crippen LogP contribution is -2.30. The van der Waals surface area contributed by atoms with Crippen molar-refractivity contribution in [1.82, 2.24) is 4.90 Å². The number of rotatable bonds is 4. The molecule has 0 aromatic heterocycles. The number of hydrogen-bond donors (Lipinski definition) is 0. The molecule has 114 valence electrons. The SMILES string of the molecule is O=C(c1c(F)ccc([N+](=O)[O-])c1F)N1CCC(CCCl)C1. The second-order valence-corrected chi connectivity index (χ2v) is 5.27. The summed E-state index contributed by atoms with van der Waals surface area (Å²) < 4.78 is 27.7. The molecule has 0 bridgehead atoms. The molecule has 1 aromatic carbocycles. The fourth-order valence-electron chi connectivity index (χ4n) is 2.44. The van der Waals surface area contributed by atoms with Crippen LogP contribution in [-0.4, -0.2) is 34.7 Å². The molecule has 0 radical (unpaired) electrons. The predicted octanol–water partition coefficient (Wildman–Crippen LogP) is 2.96. The minimum Gasteiger partial charge on any atom is -0.338 e. The van der Waals surface area contributed by atoms with E-state index < -0.39 is 33.7 Å². The van der Waals surface area contributed by atoms with Crippen LogP contribution < -0.4 is 0 Å². The number of carbonyl (C=O) groups excluding carboxylic acids is 1. The van der Waals surface area contributed by atoms with Crippen molar-refractivity contribution in [2.75, 3.05) is 19.0 Å². The predicted molar refractivity (Wildman–Crippen MR) is 72.4 cm³/mol. The van der Waals surface area contributed by atoms with Gasteiger partial charge in [-0.1, -0.05) is 0 Å².